The van der Waals surface area contributed by atoms with Gasteiger partial charge in [0, 0.05) is 35.1 Å². The second-order valence-electron chi connectivity index (χ2n) is 20.1. The number of phenols is 3. The first-order valence-electron chi connectivity index (χ1n) is 26.2. The molecular weight excluding hydrogens is 923 g/mol. The van der Waals surface area contributed by atoms with Gasteiger partial charge < -0.3 is 68.7 Å². The number of carbonyl (C=O) groups excluding carboxylic acids is 1. The third-order valence-corrected chi connectivity index (χ3v) is 14.2. The molecule has 0 aliphatic carbocycles. The lowest BCUT2D eigenvalue weighted by Crippen LogP contribution is -2.45. The van der Waals surface area contributed by atoms with E-state index in [0.717, 1.165) is 25.7 Å². The average Bonchev–Trinajstić information content (AvgIpc) is 3.36. The number of aliphatic hydroxyl groups excluding tert-OH is 2. The molecule has 0 aromatic heterocycles. The van der Waals surface area contributed by atoms with Crippen LogP contribution in [0.15, 0.2) is 103 Å². The summed E-state index contributed by atoms with van der Waals surface area (Å²) >= 11 is 0. The maximum absolute atomic E-state index is 13.0. The third-order valence-electron chi connectivity index (χ3n) is 14.2. The Balaban J connectivity index is 0.820. The fourth-order valence-corrected chi connectivity index (χ4v) is 10.5. The number of hydrogen-bond acceptors (Lipinski definition) is 14. The summed E-state index contributed by atoms with van der Waals surface area (Å²) in [5.74, 6) is 0.129. The van der Waals surface area contributed by atoms with Crippen LogP contribution in [0.5, 0.6) is 17.2 Å². The van der Waals surface area contributed by atoms with E-state index in [9.17, 15) is 30.3 Å². The maximum atomic E-state index is 13.0. The van der Waals surface area contributed by atoms with Crippen LogP contribution in [0.1, 0.15) is 156 Å². The fraction of sp³-hybridized carbons (Fsp3) is 0.561. The standard InChI is InChI=1S/C57H75NO14/c1-36-29-41(69-55(65-36)47-23-6-9-26-50(47)61)21-14-22-42-34-46(68-53(67-42)35-58-54(64)38-15-4-3-5-16-38)32-40(60)18-13-20-44-33-43(70-57(71-44)49-25-8-11-28-52(49)63)19-12-17-39(59)31-45-30-37(2)66-56(72-45)48-24-7-10-27-51(48)62/h3-11,15-16,23-28,36-37,39-46,53,55-57,59-63H,12-14,17-22,29-35H2,1-2H3,(H,58,64)/t36?,37-,39?,40?,41?,42?,43?,44?,45?,46?,53?,55?,56?,57?/m0/s1. The summed E-state index contributed by atoms with van der Waals surface area (Å²) in [7, 11) is 0. The van der Waals surface area contributed by atoms with E-state index < -0.39 is 37.4 Å². The van der Waals surface area contributed by atoms with Gasteiger partial charge in [-0.1, -0.05) is 72.8 Å². The highest BCUT2D eigenvalue weighted by molar-refractivity contribution is 5.94. The number of amides is 1. The summed E-state index contributed by atoms with van der Waals surface area (Å²) in [6.45, 7) is 4.15. The topological polar surface area (TPSA) is 204 Å². The lowest BCUT2D eigenvalue weighted by Gasteiger charge is -2.38. The normalized spacial score (nSPS) is 29.8. The molecule has 4 fully saturated rings. The smallest absolute Gasteiger partial charge is 0.251 e. The maximum Gasteiger partial charge on any atom is 0.251 e. The van der Waals surface area contributed by atoms with Crippen molar-refractivity contribution in [1.82, 2.24) is 5.32 Å². The molecule has 4 aliphatic rings. The van der Waals surface area contributed by atoms with Crippen molar-refractivity contribution in [3.8, 4) is 17.2 Å². The van der Waals surface area contributed by atoms with Crippen molar-refractivity contribution >= 4 is 5.91 Å². The Morgan fingerprint density at radius 2 is 0.861 bits per heavy atom. The van der Waals surface area contributed by atoms with E-state index in [1.54, 1.807) is 60.7 Å². The molecule has 4 heterocycles. The van der Waals surface area contributed by atoms with Gasteiger partial charge >= 0.3 is 0 Å². The molecule has 6 N–H and O–H groups in total. The molecule has 15 nitrogen and oxygen atoms in total. The van der Waals surface area contributed by atoms with Crippen LogP contribution in [-0.2, 0) is 37.9 Å². The second kappa shape index (κ2) is 26.5. The second-order valence-corrected chi connectivity index (χ2v) is 20.1. The molecule has 4 saturated heterocycles. The summed E-state index contributed by atoms with van der Waals surface area (Å²) in [6, 6.07) is 30.1. The predicted octanol–water partition coefficient (Wildman–Crippen LogP) is 9.70. The minimum atomic E-state index is -0.764. The van der Waals surface area contributed by atoms with Gasteiger partial charge in [0.05, 0.1) is 67.6 Å². The summed E-state index contributed by atoms with van der Waals surface area (Å²) < 4.78 is 50.3. The third kappa shape index (κ3) is 15.7. The summed E-state index contributed by atoms with van der Waals surface area (Å²) in [4.78, 5) is 13.0. The van der Waals surface area contributed by atoms with Gasteiger partial charge in [0.1, 0.15) is 17.2 Å². The Kier molecular flexibility index (Phi) is 19.8. The molecule has 4 aromatic rings. The zero-order valence-electron chi connectivity index (χ0n) is 41.6. The van der Waals surface area contributed by atoms with Crippen LogP contribution in [0.3, 0.4) is 0 Å². The van der Waals surface area contributed by atoms with Crippen molar-refractivity contribution in [2.75, 3.05) is 6.54 Å². The van der Waals surface area contributed by atoms with Gasteiger partial charge in [0.25, 0.3) is 5.91 Å². The number of nitrogens with one attached hydrogen (secondary N) is 1. The summed E-state index contributed by atoms with van der Waals surface area (Å²) in [5.41, 5.74) is 2.29. The highest BCUT2D eigenvalue weighted by Gasteiger charge is 2.36. The molecule has 0 radical (unpaired) electrons. The molecule has 8 rings (SSSR count). The van der Waals surface area contributed by atoms with Crippen molar-refractivity contribution in [1.29, 1.82) is 0 Å². The molecule has 4 aliphatic heterocycles. The molecule has 1 amide bonds. The molecule has 0 spiro atoms. The van der Waals surface area contributed by atoms with Crippen LogP contribution >= 0.6 is 0 Å². The number of aromatic hydroxyl groups is 3. The lowest BCUT2D eigenvalue weighted by molar-refractivity contribution is -0.251. The SMILES string of the molecule is CC1CC(CCCC2CC(CC(O)CCCC3CC(CCCC(O)CC4C[C@H](C)OC(c5ccccc5O)O4)OC(c4ccccc4O)O3)OC(CNC(=O)c3ccccc3)O2)OC(c2ccccc2O)O1. The predicted molar refractivity (Wildman–Crippen MR) is 267 cm³/mol. The molecular formula is C57H75NO14. The summed E-state index contributed by atoms with van der Waals surface area (Å²) in [6.07, 6.45) is 4.26. The van der Waals surface area contributed by atoms with Crippen molar-refractivity contribution in [3.05, 3.63) is 125 Å². The van der Waals surface area contributed by atoms with Crippen LogP contribution in [0.25, 0.3) is 0 Å². The molecule has 13 unspecified atom stereocenters. The number of ether oxygens (including phenoxy) is 8. The number of benzene rings is 4. The number of phenolic OH excluding ortho intramolecular Hbond substituents is 3. The van der Waals surface area contributed by atoms with E-state index >= 15 is 0 Å². The molecule has 0 bridgehead atoms. The highest BCUT2D eigenvalue weighted by Crippen LogP contribution is 2.40. The first-order valence-corrected chi connectivity index (χ1v) is 26.2. The van der Waals surface area contributed by atoms with E-state index in [4.69, 9.17) is 37.9 Å². The van der Waals surface area contributed by atoms with E-state index in [1.807, 2.05) is 56.3 Å². The highest BCUT2D eigenvalue weighted by atomic mass is 16.7. The van der Waals surface area contributed by atoms with Crippen molar-refractivity contribution in [2.24, 2.45) is 0 Å². The van der Waals surface area contributed by atoms with Crippen molar-refractivity contribution < 1.29 is 68.2 Å². The Bertz CT molecular complexity index is 2270. The lowest BCUT2D eigenvalue weighted by atomic mass is 9.95. The zero-order valence-corrected chi connectivity index (χ0v) is 41.6. The molecule has 72 heavy (non-hydrogen) atoms. The van der Waals surface area contributed by atoms with Gasteiger partial charge in [-0.25, -0.2) is 0 Å². The Morgan fingerprint density at radius 1 is 0.486 bits per heavy atom. The molecule has 15 heteroatoms. The zero-order chi connectivity index (χ0) is 50.4. The van der Waals surface area contributed by atoms with Crippen LogP contribution in [0, 0.1) is 0 Å². The van der Waals surface area contributed by atoms with E-state index in [-0.39, 0.29) is 78.5 Å². The quantitative estimate of drug-likeness (QED) is 0.0434. The van der Waals surface area contributed by atoms with Crippen LogP contribution in [-0.4, -0.2) is 105 Å². The largest absolute Gasteiger partial charge is 0.507 e. The summed E-state index contributed by atoms with van der Waals surface area (Å²) in [5, 5.41) is 57.2. The fourth-order valence-electron chi connectivity index (χ4n) is 10.5. The van der Waals surface area contributed by atoms with E-state index in [2.05, 4.69) is 5.32 Å². The average molecular weight is 998 g/mol. The Labute approximate surface area is 423 Å². The van der Waals surface area contributed by atoms with Crippen LogP contribution < -0.4 is 5.32 Å². The van der Waals surface area contributed by atoms with E-state index in [1.165, 1.54) is 0 Å². The number of aliphatic hydroxyl groups is 2. The minimum Gasteiger partial charge on any atom is -0.507 e. The molecule has 4 aromatic carbocycles. The van der Waals surface area contributed by atoms with Gasteiger partial charge in [-0.05, 0) is 128 Å². The number of para-hydroxylation sites is 3. The number of rotatable bonds is 22. The van der Waals surface area contributed by atoms with Crippen molar-refractivity contribution in [3.63, 3.8) is 0 Å². The first-order chi connectivity index (χ1) is 34.9. The van der Waals surface area contributed by atoms with Crippen LogP contribution in [0.4, 0.5) is 0 Å². The van der Waals surface area contributed by atoms with Gasteiger partial charge in [-0.15, -0.1) is 0 Å². The van der Waals surface area contributed by atoms with Crippen molar-refractivity contribution in [2.45, 2.75) is 196 Å². The van der Waals surface area contributed by atoms with E-state index in [0.29, 0.717) is 92.9 Å². The minimum absolute atomic E-state index is 0.0406. The van der Waals surface area contributed by atoms with Gasteiger partial charge in [0.15, 0.2) is 25.2 Å². The molecule has 14 atom stereocenters. The van der Waals surface area contributed by atoms with Crippen LogP contribution in [0.2, 0.25) is 0 Å². The number of hydrogen-bond donors (Lipinski definition) is 6. The molecule has 392 valence electrons. The van der Waals surface area contributed by atoms with Gasteiger partial charge in [0.2, 0.25) is 0 Å². The Hall–Kier alpha value is -4.65. The van der Waals surface area contributed by atoms with Gasteiger partial charge in [-0.2, -0.15) is 0 Å². The Morgan fingerprint density at radius 3 is 1.38 bits per heavy atom. The first kappa shape index (κ1) is 53.6. The number of carbonyl (C=O) groups is 1. The van der Waals surface area contributed by atoms with Gasteiger partial charge in [-0.3, -0.25) is 4.79 Å². The molecule has 0 saturated carbocycles. The monoisotopic (exact) mass is 998 g/mol.